The van der Waals surface area contributed by atoms with E-state index in [9.17, 15) is 14.7 Å². The van der Waals surface area contributed by atoms with Gasteiger partial charge < -0.3 is 14.8 Å². The number of benzene rings is 3. The van der Waals surface area contributed by atoms with Gasteiger partial charge in [-0.3, -0.25) is 15.0 Å². The summed E-state index contributed by atoms with van der Waals surface area (Å²) < 4.78 is 5.65. The number of anilines is 1. The van der Waals surface area contributed by atoms with Crippen molar-refractivity contribution in [1.29, 1.82) is 0 Å². The van der Waals surface area contributed by atoms with Crippen molar-refractivity contribution in [2.24, 2.45) is 0 Å². The monoisotopic (exact) mass is 554 g/mol. The summed E-state index contributed by atoms with van der Waals surface area (Å²) in [5.74, 6) is -0.0262. The molecule has 4 aromatic rings. The number of nitrogens with zero attached hydrogens (tertiary/aromatic N) is 2. The van der Waals surface area contributed by atoms with Gasteiger partial charge in [0.05, 0.1) is 18.1 Å². The molecule has 2 heterocycles. The molecule has 0 spiro atoms. The highest BCUT2D eigenvalue weighted by Crippen LogP contribution is 2.43. The molecule has 0 aliphatic carbocycles. The van der Waals surface area contributed by atoms with Gasteiger partial charge in [0.1, 0.15) is 0 Å². The Morgan fingerprint density at radius 1 is 1.18 bits per heavy atom. The average molecular weight is 554 g/mol. The van der Waals surface area contributed by atoms with E-state index in [0.29, 0.717) is 27.7 Å². The van der Waals surface area contributed by atoms with Crippen molar-refractivity contribution >= 4 is 51.6 Å². The highest BCUT2D eigenvalue weighted by Gasteiger charge is 2.49. The Labute approximate surface area is 202 Å². The molecule has 1 aromatic heterocycles. The summed E-state index contributed by atoms with van der Waals surface area (Å²) in [6.07, 6.45) is -0.646. The Morgan fingerprint density at radius 3 is 2.79 bits per heavy atom. The Kier molecular flexibility index (Phi) is 5.29. The molecule has 1 unspecified atom stereocenters. The van der Waals surface area contributed by atoms with Crippen molar-refractivity contribution in [3.63, 3.8) is 0 Å². The van der Waals surface area contributed by atoms with E-state index in [1.165, 1.54) is 12.0 Å². The smallest absolute Gasteiger partial charge is 0.413 e. The highest BCUT2D eigenvalue weighted by molar-refractivity contribution is 14.1. The minimum absolute atomic E-state index is 0.222. The molecule has 1 atom stereocenters. The van der Waals surface area contributed by atoms with Gasteiger partial charge in [0, 0.05) is 26.8 Å². The first-order chi connectivity index (χ1) is 15.9. The van der Waals surface area contributed by atoms with Crippen LogP contribution in [0.15, 0.2) is 66.7 Å². The first-order valence-corrected chi connectivity index (χ1v) is 11.2. The Balaban J connectivity index is 1.61. The third-order valence-corrected chi connectivity index (χ3v) is 6.36. The van der Waals surface area contributed by atoms with Crippen LogP contribution < -0.4 is 5.32 Å². The zero-order valence-corrected chi connectivity index (χ0v) is 19.7. The van der Waals surface area contributed by atoms with Crippen molar-refractivity contribution in [2.75, 3.05) is 12.4 Å². The third-order valence-electron chi connectivity index (χ3n) is 5.69. The van der Waals surface area contributed by atoms with Crippen LogP contribution in [0.1, 0.15) is 27.0 Å². The van der Waals surface area contributed by atoms with Crippen LogP contribution in [0.5, 0.6) is 0 Å². The van der Waals surface area contributed by atoms with E-state index in [0.717, 1.165) is 9.13 Å². The summed E-state index contributed by atoms with van der Waals surface area (Å²) in [6, 6.07) is 20.1. The van der Waals surface area contributed by atoms with E-state index in [4.69, 9.17) is 0 Å². The number of nitrogens with one attached hydrogen (secondary N) is 2. The number of aliphatic hydroxyl groups is 1. The van der Waals surface area contributed by atoms with Crippen LogP contribution in [-0.2, 0) is 17.0 Å². The number of halogens is 1. The normalized spacial score (nSPS) is 17.3. The largest absolute Gasteiger partial charge is 0.453 e. The predicted molar refractivity (Wildman–Crippen MR) is 131 cm³/mol. The number of imidazole rings is 1. The number of hydrogen-bond acceptors (Lipinski definition) is 5. The molecule has 166 valence electrons. The SMILES string of the molecule is COC(=O)Nc1nc2cc(C3(O)c4ccccc4C(=O)N3Cc3cccc(I)c3)ccc2[nH]1. The maximum absolute atomic E-state index is 13.4. The number of H-pyrrole nitrogens is 1. The van der Waals surface area contributed by atoms with Gasteiger partial charge in [-0.05, 0) is 58.5 Å². The van der Waals surface area contributed by atoms with E-state index in [-0.39, 0.29) is 18.4 Å². The maximum atomic E-state index is 13.4. The van der Waals surface area contributed by atoms with E-state index >= 15 is 0 Å². The second-order valence-electron chi connectivity index (χ2n) is 7.67. The van der Waals surface area contributed by atoms with E-state index in [1.807, 2.05) is 24.3 Å². The molecule has 0 saturated heterocycles. The number of carbonyl (C=O) groups excluding carboxylic acids is 2. The number of rotatable bonds is 4. The summed E-state index contributed by atoms with van der Waals surface area (Å²) in [4.78, 5) is 33.7. The molecule has 3 aromatic carbocycles. The highest BCUT2D eigenvalue weighted by atomic mass is 127. The molecule has 9 heteroatoms. The number of aromatic nitrogens is 2. The van der Waals surface area contributed by atoms with Gasteiger partial charge in [-0.25, -0.2) is 9.78 Å². The lowest BCUT2D eigenvalue weighted by molar-refractivity contribution is -0.0542. The van der Waals surface area contributed by atoms with Crippen molar-refractivity contribution in [2.45, 2.75) is 12.3 Å². The van der Waals surface area contributed by atoms with E-state index < -0.39 is 11.8 Å². The molecule has 1 aliphatic heterocycles. The van der Waals surface area contributed by atoms with E-state index in [2.05, 4.69) is 42.6 Å². The van der Waals surface area contributed by atoms with Gasteiger partial charge in [-0.1, -0.05) is 36.4 Å². The molecule has 5 rings (SSSR count). The molecule has 0 bridgehead atoms. The van der Waals surface area contributed by atoms with Crippen LogP contribution in [0.3, 0.4) is 0 Å². The zero-order valence-electron chi connectivity index (χ0n) is 17.5. The fraction of sp³-hybridized carbons (Fsp3) is 0.125. The molecule has 33 heavy (non-hydrogen) atoms. The standard InChI is InChI=1S/C24H19IN4O4/c1-33-23(31)28-22-26-19-10-9-15(12-20(19)27-22)24(32)18-8-3-2-7-17(18)21(30)29(24)13-14-5-4-6-16(25)11-14/h2-12,32H,13H2,1H3,(H2,26,27,28,31). The van der Waals surface area contributed by atoms with Crippen molar-refractivity contribution < 1.29 is 19.4 Å². The van der Waals surface area contributed by atoms with Crippen molar-refractivity contribution in [1.82, 2.24) is 14.9 Å². The van der Waals surface area contributed by atoms with Crippen LogP contribution in [0.25, 0.3) is 11.0 Å². The van der Waals surface area contributed by atoms with Crippen LogP contribution in [0.2, 0.25) is 0 Å². The first kappa shape index (κ1) is 21.4. The Bertz CT molecular complexity index is 1400. The number of aromatic amines is 1. The number of amides is 2. The molecule has 2 amide bonds. The topological polar surface area (TPSA) is 108 Å². The Hall–Kier alpha value is -3.44. The molecule has 0 fully saturated rings. The van der Waals surface area contributed by atoms with Gasteiger partial charge in [0.25, 0.3) is 5.91 Å². The van der Waals surface area contributed by atoms with Gasteiger partial charge in [-0.2, -0.15) is 0 Å². The molecular formula is C24H19IN4O4. The second kappa shape index (κ2) is 8.16. The number of hydrogen-bond donors (Lipinski definition) is 3. The molecule has 8 nitrogen and oxygen atoms in total. The van der Waals surface area contributed by atoms with Gasteiger partial charge in [0.2, 0.25) is 5.95 Å². The lowest BCUT2D eigenvalue weighted by Crippen LogP contribution is -2.44. The van der Waals surface area contributed by atoms with Crippen LogP contribution >= 0.6 is 22.6 Å². The summed E-state index contributed by atoms with van der Waals surface area (Å²) >= 11 is 2.22. The van der Waals surface area contributed by atoms with Crippen LogP contribution in [0, 0.1) is 3.57 Å². The summed E-state index contributed by atoms with van der Waals surface area (Å²) in [6.45, 7) is 0.231. The summed E-state index contributed by atoms with van der Waals surface area (Å²) in [5, 5.41) is 14.6. The first-order valence-electron chi connectivity index (χ1n) is 10.1. The average Bonchev–Trinajstić information content (AvgIpc) is 3.31. The minimum atomic E-state index is -1.68. The second-order valence-corrected chi connectivity index (χ2v) is 8.92. The van der Waals surface area contributed by atoms with Crippen molar-refractivity contribution in [3.8, 4) is 0 Å². The van der Waals surface area contributed by atoms with Crippen LogP contribution in [-0.4, -0.2) is 39.1 Å². The fourth-order valence-corrected chi connectivity index (χ4v) is 4.76. The predicted octanol–water partition coefficient (Wildman–Crippen LogP) is 4.20. The molecule has 3 N–H and O–H groups in total. The Morgan fingerprint density at radius 2 is 2.00 bits per heavy atom. The number of carbonyl (C=O) groups is 2. The third kappa shape index (κ3) is 3.62. The van der Waals surface area contributed by atoms with Crippen LogP contribution in [0.4, 0.5) is 10.7 Å². The lowest BCUT2D eigenvalue weighted by atomic mass is 9.93. The molecule has 0 radical (unpaired) electrons. The lowest BCUT2D eigenvalue weighted by Gasteiger charge is -2.35. The fourth-order valence-electron chi connectivity index (χ4n) is 4.16. The zero-order chi connectivity index (χ0) is 23.2. The number of methoxy groups -OCH3 is 1. The summed E-state index contributed by atoms with van der Waals surface area (Å²) in [7, 11) is 1.27. The number of fused-ring (bicyclic) bond motifs is 2. The number of ether oxygens (including phenoxy) is 1. The van der Waals surface area contributed by atoms with E-state index in [1.54, 1.807) is 42.5 Å². The molecule has 0 saturated carbocycles. The van der Waals surface area contributed by atoms with Gasteiger partial charge in [-0.15, -0.1) is 0 Å². The maximum Gasteiger partial charge on any atom is 0.413 e. The molecule has 1 aliphatic rings. The summed E-state index contributed by atoms with van der Waals surface area (Å²) in [5.41, 5.74) is 1.89. The van der Waals surface area contributed by atoms with Crippen molar-refractivity contribution in [3.05, 3.63) is 92.6 Å². The van der Waals surface area contributed by atoms with Gasteiger partial charge >= 0.3 is 6.09 Å². The quantitative estimate of drug-likeness (QED) is 0.328. The molecular weight excluding hydrogens is 535 g/mol. The van der Waals surface area contributed by atoms with Gasteiger partial charge in [0.15, 0.2) is 5.72 Å². The minimum Gasteiger partial charge on any atom is -0.453 e.